The third-order valence-corrected chi connectivity index (χ3v) is 5.18. The molecule has 5 heteroatoms. The molecule has 0 aliphatic heterocycles. The lowest BCUT2D eigenvalue weighted by molar-refractivity contribution is -0.0563. The Labute approximate surface area is 168 Å². The van der Waals surface area contributed by atoms with Crippen LogP contribution in [0.15, 0.2) is 61.2 Å². The Morgan fingerprint density at radius 1 is 1.04 bits per heavy atom. The summed E-state index contributed by atoms with van der Waals surface area (Å²) in [7, 11) is 1.47. The molecule has 4 nitrogen and oxygen atoms in total. The first-order valence-corrected chi connectivity index (χ1v) is 9.92. The lowest BCUT2D eigenvalue weighted by atomic mass is 9.85. The van der Waals surface area contributed by atoms with Gasteiger partial charge in [0.15, 0.2) is 0 Å². The van der Waals surface area contributed by atoms with Crippen molar-refractivity contribution in [1.29, 1.82) is 0 Å². The van der Waals surface area contributed by atoms with Crippen LogP contribution in [-0.4, -0.2) is 26.7 Å². The number of hydrogen-bond donors (Lipinski definition) is 0. The number of hydrogen-bond acceptors (Lipinski definition) is 3. The minimum absolute atomic E-state index is 0.643. The number of pyridine rings is 1. The van der Waals surface area contributed by atoms with Gasteiger partial charge >= 0.3 is 0 Å². The zero-order valence-electron chi connectivity index (χ0n) is 17.6. The molecule has 0 radical (unpaired) electrons. The smallest absolute Gasteiger partial charge is 0.144 e. The number of nitrogens with zero attached hydrogens (tertiary/aromatic N) is 4. The zero-order valence-corrected chi connectivity index (χ0v) is 17.6. The Kier molecular flexibility index (Phi) is 7.88. The fourth-order valence-electron chi connectivity index (χ4n) is 2.93. The molecule has 3 rings (SSSR count). The molecule has 0 amide bonds. The maximum absolute atomic E-state index is 14.3. The molecule has 0 N–H and O–H groups in total. The van der Waals surface area contributed by atoms with E-state index in [-0.39, 0.29) is 0 Å². The number of rotatable bonds is 6. The predicted octanol–water partition coefficient (Wildman–Crippen LogP) is 6.18. The van der Waals surface area contributed by atoms with E-state index in [0.29, 0.717) is 6.42 Å². The van der Waals surface area contributed by atoms with Crippen molar-refractivity contribution < 1.29 is 4.48 Å². The highest BCUT2D eigenvalue weighted by Gasteiger charge is 2.33. The van der Waals surface area contributed by atoms with Crippen LogP contribution in [0.1, 0.15) is 52.5 Å². The van der Waals surface area contributed by atoms with E-state index in [1.54, 1.807) is 18.6 Å². The van der Waals surface area contributed by atoms with Crippen molar-refractivity contribution in [2.24, 2.45) is 0 Å². The molecule has 1 atom stereocenters. The van der Waals surface area contributed by atoms with Crippen LogP contribution in [0, 0.1) is 0 Å². The minimum Gasteiger partial charge on any atom is -0.298 e. The van der Waals surface area contributed by atoms with Crippen LogP contribution in [0.2, 0.25) is 0 Å². The Balaban J connectivity index is 0.000000640. The van der Waals surface area contributed by atoms with Crippen LogP contribution in [0.3, 0.4) is 0 Å². The third-order valence-electron chi connectivity index (χ3n) is 5.18. The van der Waals surface area contributed by atoms with Gasteiger partial charge in [-0.1, -0.05) is 57.9 Å². The summed E-state index contributed by atoms with van der Waals surface area (Å²) in [5, 5.41) is 0.781. The summed E-state index contributed by atoms with van der Waals surface area (Å²) < 4.78 is 16.2. The van der Waals surface area contributed by atoms with Crippen molar-refractivity contribution in [2.45, 2.75) is 52.5 Å². The van der Waals surface area contributed by atoms with Gasteiger partial charge in [0.05, 0.1) is 17.4 Å². The van der Waals surface area contributed by atoms with E-state index in [0.717, 1.165) is 27.8 Å². The van der Waals surface area contributed by atoms with Gasteiger partial charge in [-0.25, -0.2) is 4.98 Å². The summed E-state index contributed by atoms with van der Waals surface area (Å²) in [4.78, 5) is 8.70. The number of halogens is 1. The van der Waals surface area contributed by atoms with Crippen molar-refractivity contribution in [3.63, 3.8) is 0 Å². The Hall–Kier alpha value is -2.53. The first-order valence-electron chi connectivity index (χ1n) is 9.92. The Morgan fingerprint density at radius 3 is 2.32 bits per heavy atom. The van der Waals surface area contributed by atoms with Gasteiger partial charge in [-0.2, -0.15) is 0 Å². The summed E-state index contributed by atoms with van der Waals surface area (Å²) in [6, 6.07) is 11.7. The van der Waals surface area contributed by atoms with Gasteiger partial charge in [0.25, 0.3) is 0 Å². The molecule has 0 saturated heterocycles. The average molecular weight is 383 g/mol. The molecule has 0 saturated carbocycles. The Morgan fingerprint density at radius 2 is 1.75 bits per heavy atom. The molecule has 2 aromatic heterocycles. The van der Waals surface area contributed by atoms with Crippen LogP contribution in [0.5, 0.6) is 0 Å². The number of aromatic nitrogens is 3. The molecule has 2 heterocycles. The molecule has 0 aliphatic rings. The summed E-state index contributed by atoms with van der Waals surface area (Å²) in [6.45, 7) is 8.25. The monoisotopic (exact) mass is 382 g/mol. The summed E-state index contributed by atoms with van der Waals surface area (Å²) in [5.74, 6) is 0.778. The van der Waals surface area contributed by atoms with E-state index in [4.69, 9.17) is 0 Å². The van der Waals surface area contributed by atoms with Gasteiger partial charge in [-0.05, 0) is 31.0 Å². The minimum atomic E-state index is -0.720. The highest BCUT2D eigenvalue weighted by Crippen LogP contribution is 2.37. The highest BCUT2D eigenvalue weighted by molar-refractivity contribution is 5.64. The third kappa shape index (κ3) is 4.65. The topological polar surface area (TPSA) is 34.0 Å². The predicted molar refractivity (Wildman–Crippen MR) is 114 cm³/mol. The van der Waals surface area contributed by atoms with Crippen LogP contribution in [0.25, 0.3) is 17.1 Å². The van der Waals surface area contributed by atoms with E-state index in [9.17, 15) is 4.48 Å². The van der Waals surface area contributed by atoms with E-state index in [1.165, 1.54) is 19.9 Å². The summed E-state index contributed by atoms with van der Waals surface area (Å²) in [6.07, 6.45) is 10.5. The second-order valence-electron chi connectivity index (χ2n) is 6.98. The quantitative estimate of drug-likeness (QED) is 0.477. The highest BCUT2D eigenvalue weighted by atomic mass is 19.2. The van der Waals surface area contributed by atoms with E-state index < -0.39 is 5.54 Å². The molecular weight excluding hydrogens is 351 g/mol. The first kappa shape index (κ1) is 21.8. The standard InChI is InChI=1S/C19H21FN4.C4H10/c1-4-19(2,23(3)20)17-10-6-5-9-16(17)18-22-12-13-24(18)15-8-7-11-21-14-15;1-3-4-2/h5-14H,4H2,1-3H3;3-4H2,1-2H3. The largest absolute Gasteiger partial charge is 0.298 e. The van der Waals surface area contributed by atoms with Crippen LogP contribution in [0.4, 0.5) is 4.48 Å². The van der Waals surface area contributed by atoms with Gasteiger partial charge in [-0.15, -0.1) is 9.60 Å². The number of benzene rings is 1. The Bertz CT molecular complexity index is 843. The maximum atomic E-state index is 14.3. The molecule has 3 aromatic rings. The van der Waals surface area contributed by atoms with Crippen molar-refractivity contribution in [3.05, 3.63) is 66.7 Å². The lowest BCUT2D eigenvalue weighted by Crippen LogP contribution is -2.35. The fourth-order valence-corrected chi connectivity index (χ4v) is 2.93. The van der Waals surface area contributed by atoms with Gasteiger partial charge in [0.1, 0.15) is 5.82 Å². The second-order valence-corrected chi connectivity index (χ2v) is 6.98. The molecule has 1 aromatic carbocycles. The lowest BCUT2D eigenvalue weighted by Gasteiger charge is -2.33. The van der Waals surface area contributed by atoms with E-state index in [2.05, 4.69) is 23.8 Å². The molecule has 1 unspecified atom stereocenters. The molecule has 0 aliphatic carbocycles. The van der Waals surface area contributed by atoms with Gasteiger partial charge in [-0.3, -0.25) is 9.55 Å². The van der Waals surface area contributed by atoms with Crippen molar-refractivity contribution >= 4 is 0 Å². The molecule has 150 valence electrons. The van der Waals surface area contributed by atoms with E-state index >= 15 is 0 Å². The molecule has 0 fully saturated rings. The molecule has 0 bridgehead atoms. The van der Waals surface area contributed by atoms with Gasteiger partial charge < -0.3 is 0 Å². The molecule has 0 spiro atoms. The normalized spacial score (nSPS) is 13.0. The number of unbranched alkanes of at least 4 members (excludes halogenated alkanes) is 1. The summed E-state index contributed by atoms with van der Waals surface area (Å²) >= 11 is 0. The van der Waals surface area contributed by atoms with Crippen LogP contribution in [-0.2, 0) is 5.54 Å². The zero-order chi connectivity index (χ0) is 20.6. The molecular formula is C23H31FN4. The SMILES string of the molecule is CCC(C)(c1ccccc1-c1nccn1-c1cccnc1)N(C)F.CCCC. The first-order chi connectivity index (χ1) is 13.5. The number of imidazole rings is 1. The van der Waals surface area contributed by atoms with Gasteiger partial charge in [0, 0.05) is 31.2 Å². The van der Waals surface area contributed by atoms with Crippen LogP contribution < -0.4 is 0 Å². The van der Waals surface area contributed by atoms with Crippen molar-refractivity contribution in [1.82, 2.24) is 19.7 Å². The second kappa shape index (κ2) is 10.1. The van der Waals surface area contributed by atoms with Gasteiger partial charge in [0.2, 0.25) is 0 Å². The van der Waals surface area contributed by atoms with Crippen LogP contribution >= 0.6 is 0 Å². The molecule has 28 heavy (non-hydrogen) atoms. The average Bonchev–Trinajstić information content (AvgIpc) is 3.23. The fraction of sp³-hybridized carbons (Fsp3) is 0.391. The van der Waals surface area contributed by atoms with E-state index in [1.807, 2.05) is 61.0 Å². The maximum Gasteiger partial charge on any atom is 0.144 e. The summed E-state index contributed by atoms with van der Waals surface area (Å²) in [5.41, 5.74) is 2.03. The van der Waals surface area contributed by atoms with Crippen molar-refractivity contribution in [2.75, 3.05) is 7.05 Å². The van der Waals surface area contributed by atoms with Crippen molar-refractivity contribution in [3.8, 4) is 17.1 Å².